The number of hydrogen-bond donors (Lipinski definition) is 1. The lowest BCUT2D eigenvalue weighted by Crippen LogP contribution is -2.63. The molecule has 1 aliphatic rings. The summed E-state index contributed by atoms with van der Waals surface area (Å²) in [6, 6.07) is 4.22. The standard InChI is InChI=1S/C13H18ClN3O3S/c1-13(2)12(18)16(3)6-7-17(13)21(19,20)11-5-4-9(14)8-10(11)15/h4-5,8H,6-7,15H2,1-3H3. The van der Waals surface area contributed by atoms with Crippen molar-refractivity contribution in [3.05, 3.63) is 23.2 Å². The van der Waals surface area contributed by atoms with Crippen molar-refractivity contribution in [2.24, 2.45) is 0 Å². The van der Waals surface area contributed by atoms with Gasteiger partial charge in [-0.1, -0.05) is 11.6 Å². The van der Waals surface area contributed by atoms with E-state index in [2.05, 4.69) is 0 Å². The van der Waals surface area contributed by atoms with Crippen LogP contribution in [0, 0.1) is 0 Å². The topological polar surface area (TPSA) is 83.7 Å². The predicted octanol–water partition coefficient (Wildman–Crippen LogP) is 1.16. The number of carbonyl (C=O) groups excluding carboxylic acids is 1. The Labute approximate surface area is 129 Å². The molecule has 0 bridgehead atoms. The molecule has 1 saturated heterocycles. The van der Waals surface area contributed by atoms with Gasteiger partial charge in [0.1, 0.15) is 10.4 Å². The van der Waals surface area contributed by atoms with Crippen LogP contribution >= 0.6 is 11.6 Å². The van der Waals surface area contributed by atoms with Crippen molar-refractivity contribution in [2.75, 3.05) is 25.9 Å². The molecule has 0 aromatic heterocycles. The summed E-state index contributed by atoms with van der Waals surface area (Å²) in [5, 5.41) is 0.361. The average molecular weight is 332 g/mol. The first kappa shape index (κ1) is 16.1. The largest absolute Gasteiger partial charge is 0.398 e. The van der Waals surface area contributed by atoms with Crippen molar-refractivity contribution in [1.29, 1.82) is 0 Å². The van der Waals surface area contributed by atoms with Crippen LogP contribution in [0.15, 0.2) is 23.1 Å². The molecule has 2 N–H and O–H groups in total. The van der Waals surface area contributed by atoms with E-state index in [4.69, 9.17) is 17.3 Å². The minimum Gasteiger partial charge on any atom is -0.398 e. The molecule has 116 valence electrons. The van der Waals surface area contributed by atoms with Crippen molar-refractivity contribution in [3.63, 3.8) is 0 Å². The number of benzene rings is 1. The molecule has 0 atom stereocenters. The molecular formula is C13H18ClN3O3S. The van der Waals surface area contributed by atoms with E-state index in [1.807, 2.05) is 0 Å². The van der Waals surface area contributed by atoms with Crippen molar-refractivity contribution in [2.45, 2.75) is 24.3 Å². The third-order valence-electron chi connectivity index (χ3n) is 3.67. The van der Waals surface area contributed by atoms with Crippen LogP contribution in [-0.2, 0) is 14.8 Å². The van der Waals surface area contributed by atoms with Crippen LogP contribution in [0.1, 0.15) is 13.8 Å². The normalized spacial score (nSPS) is 19.8. The first-order chi connectivity index (χ1) is 9.58. The molecule has 0 radical (unpaired) electrons. The Morgan fingerprint density at radius 3 is 2.48 bits per heavy atom. The second kappa shape index (κ2) is 5.15. The monoisotopic (exact) mass is 331 g/mol. The van der Waals surface area contributed by atoms with Gasteiger partial charge in [-0.05, 0) is 32.0 Å². The number of sulfonamides is 1. The molecule has 0 unspecified atom stereocenters. The number of piperazine rings is 1. The highest BCUT2D eigenvalue weighted by molar-refractivity contribution is 7.89. The number of carbonyl (C=O) groups is 1. The zero-order valence-electron chi connectivity index (χ0n) is 12.1. The molecule has 1 aromatic carbocycles. The van der Waals surface area contributed by atoms with Gasteiger partial charge in [-0.15, -0.1) is 0 Å². The van der Waals surface area contributed by atoms with Crippen LogP contribution in [-0.4, -0.2) is 49.2 Å². The summed E-state index contributed by atoms with van der Waals surface area (Å²) in [4.78, 5) is 13.7. The van der Waals surface area contributed by atoms with Crippen molar-refractivity contribution in [3.8, 4) is 0 Å². The van der Waals surface area contributed by atoms with E-state index in [1.165, 1.54) is 27.4 Å². The maximum Gasteiger partial charge on any atom is 0.246 e. The van der Waals surface area contributed by atoms with Gasteiger partial charge in [0, 0.05) is 25.2 Å². The maximum atomic E-state index is 12.8. The molecule has 8 heteroatoms. The van der Waals surface area contributed by atoms with Gasteiger partial charge in [0.05, 0.1) is 5.69 Å². The molecule has 0 aliphatic carbocycles. The Bertz CT molecular complexity index is 688. The molecule has 2 rings (SSSR count). The Hall–Kier alpha value is -1.31. The van der Waals surface area contributed by atoms with Crippen LogP contribution < -0.4 is 5.73 Å². The SMILES string of the molecule is CN1CCN(S(=O)(=O)c2ccc(Cl)cc2N)C(C)(C)C1=O. The van der Waals surface area contributed by atoms with E-state index >= 15 is 0 Å². The molecule has 1 aliphatic heterocycles. The molecular weight excluding hydrogens is 314 g/mol. The number of anilines is 1. The van der Waals surface area contributed by atoms with Crippen LogP contribution in [0.4, 0.5) is 5.69 Å². The van der Waals surface area contributed by atoms with E-state index < -0.39 is 15.6 Å². The Morgan fingerprint density at radius 1 is 1.29 bits per heavy atom. The third kappa shape index (κ3) is 2.61. The number of nitrogen functional groups attached to an aromatic ring is 1. The van der Waals surface area contributed by atoms with E-state index in [1.54, 1.807) is 20.9 Å². The quantitative estimate of drug-likeness (QED) is 0.824. The molecule has 21 heavy (non-hydrogen) atoms. The van der Waals surface area contributed by atoms with E-state index in [0.717, 1.165) is 0 Å². The van der Waals surface area contributed by atoms with Crippen molar-refractivity contribution >= 4 is 33.2 Å². The highest BCUT2D eigenvalue weighted by Gasteiger charge is 2.47. The van der Waals surface area contributed by atoms with E-state index in [-0.39, 0.29) is 23.0 Å². The highest BCUT2D eigenvalue weighted by atomic mass is 35.5. The lowest BCUT2D eigenvalue weighted by atomic mass is 10.0. The van der Waals surface area contributed by atoms with Gasteiger partial charge in [-0.2, -0.15) is 4.31 Å². The second-order valence-electron chi connectivity index (χ2n) is 5.55. The molecule has 6 nitrogen and oxygen atoms in total. The van der Waals surface area contributed by atoms with Crippen molar-refractivity contribution < 1.29 is 13.2 Å². The highest BCUT2D eigenvalue weighted by Crippen LogP contribution is 2.32. The smallest absolute Gasteiger partial charge is 0.246 e. The fraction of sp³-hybridized carbons (Fsp3) is 0.462. The summed E-state index contributed by atoms with van der Waals surface area (Å²) < 4.78 is 26.8. The summed E-state index contributed by atoms with van der Waals surface area (Å²) >= 11 is 5.80. The lowest BCUT2D eigenvalue weighted by Gasteiger charge is -2.43. The number of likely N-dealkylation sites (N-methyl/N-ethyl adjacent to an activating group) is 1. The summed E-state index contributed by atoms with van der Waals surface area (Å²) in [7, 11) is -2.21. The van der Waals surface area contributed by atoms with Gasteiger partial charge >= 0.3 is 0 Å². The number of hydrogen-bond acceptors (Lipinski definition) is 4. The molecule has 1 heterocycles. The third-order valence-corrected chi connectivity index (χ3v) is 6.05. The first-order valence-corrected chi connectivity index (χ1v) is 8.23. The molecule has 1 aromatic rings. The minimum atomic E-state index is -3.87. The molecule has 1 fully saturated rings. The molecule has 1 amide bonds. The number of nitrogens with zero attached hydrogens (tertiary/aromatic N) is 2. The summed E-state index contributed by atoms with van der Waals surface area (Å²) in [5.41, 5.74) is 4.70. The summed E-state index contributed by atoms with van der Waals surface area (Å²) in [5.74, 6) is -0.246. The van der Waals surface area contributed by atoms with E-state index in [9.17, 15) is 13.2 Å². The number of rotatable bonds is 2. The van der Waals surface area contributed by atoms with Crippen molar-refractivity contribution in [1.82, 2.24) is 9.21 Å². The van der Waals surface area contributed by atoms with Crippen LogP contribution in [0.3, 0.4) is 0 Å². The Morgan fingerprint density at radius 2 is 1.90 bits per heavy atom. The van der Waals surface area contributed by atoms with Gasteiger partial charge in [0.2, 0.25) is 15.9 Å². The molecule has 0 spiro atoms. The summed E-state index contributed by atoms with van der Waals surface area (Å²) in [6.45, 7) is 3.75. The van der Waals surface area contributed by atoms with Gasteiger partial charge in [-0.3, -0.25) is 4.79 Å². The number of halogens is 1. The summed E-state index contributed by atoms with van der Waals surface area (Å²) in [6.07, 6.45) is 0. The zero-order valence-corrected chi connectivity index (χ0v) is 13.7. The van der Waals surface area contributed by atoms with E-state index in [0.29, 0.717) is 11.6 Å². The number of nitrogens with two attached hydrogens (primary N) is 1. The molecule has 0 saturated carbocycles. The Balaban J connectivity index is 2.51. The van der Waals surface area contributed by atoms with Gasteiger partial charge in [0.25, 0.3) is 0 Å². The zero-order chi connectivity index (χ0) is 16.0. The van der Waals surface area contributed by atoms with Gasteiger partial charge < -0.3 is 10.6 Å². The fourth-order valence-corrected chi connectivity index (χ4v) is 4.50. The average Bonchev–Trinajstić information content (AvgIpc) is 2.35. The van der Waals surface area contributed by atoms with Gasteiger partial charge in [-0.25, -0.2) is 8.42 Å². The predicted molar refractivity (Wildman–Crippen MR) is 81.5 cm³/mol. The Kier molecular flexibility index (Phi) is 3.94. The van der Waals surface area contributed by atoms with Crippen LogP contribution in [0.2, 0.25) is 5.02 Å². The van der Waals surface area contributed by atoms with Gasteiger partial charge in [0.15, 0.2) is 0 Å². The lowest BCUT2D eigenvalue weighted by molar-refractivity contribution is -0.142. The maximum absolute atomic E-state index is 12.8. The minimum absolute atomic E-state index is 0.0303. The van der Waals surface area contributed by atoms with Crippen LogP contribution in [0.5, 0.6) is 0 Å². The number of amides is 1. The first-order valence-electron chi connectivity index (χ1n) is 6.42. The second-order valence-corrected chi connectivity index (χ2v) is 7.81. The fourth-order valence-electron chi connectivity index (χ4n) is 2.49. The van der Waals surface area contributed by atoms with Crippen LogP contribution in [0.25, 0.3) is 0 Å².